The molecule has 1 N–H and O–H groups in total. The molecule has 4 heteroatoms. The third-order valence-electron chi connectivity index (χ3n) is 3.33. The second-order valence-electron chi connectivity index (χ2n) is 5.23. The highest BCUT2D eigenvalue weighted by atomic mass is 16.4. The molecule has 1 heterocycles. The highest BCUT2D eigenvalue weighted by Crippen LogP contribution is 2.31. The fourth-order valence-corrected chi connectivity index (χ4v) is 2.35. The van der Waals surface area contributed by atoms with Crippen LogP contribution in [0.2, 0.25) is 0 Å². The van der Waals surface area contributed by atoms with Gasteiger partial charge in [0, 0.05) is 24.9 Å². The fraction of sp³-hybridized carbons (Fsp3) is 0.846. The van der Waals surface area contributed by atoms with Crippen molar-refractivity contribution in [3.05, 3.63) is 11.8 Å². The molecule has 4 nitrogen and oxygen atoms in total. The molecule has 96 valence electrons. The van der Waals surface area contributed by atoms with Gasteiger partial charge in [0.05, 0.1) is 0 Å². The molecule has 0 bridgehead atoms. The molecule has 1 aromatic heterocycles. The van der Waals surface area contributed by atoms with Crippen molar-refractivity contribution >= 4 is 0 Å². The average Bonchev–Trinajstić information content (AvgIpc) is 2.78. The van der Waals surface area contributed by atoms with Crippen LogP contribution in [0.4, 0.5) is 0 Å². The minimum atomic E-state index is 0.510. The Morgan fingerprint density at radius 1 is 1.24 bits per heavy atom. The first-order valence-electron chi connectivity index (χ1n) is 6.81. The minimum Gasteiger partial charge on any atom is -0.425 e. The molecule has 0 aliphatic heterocycles. The predicted molar refractivity (Wildman–Crippen MR) is 67.0 cm³/mol. The molecule has 1 saturated carbocycles. The quantitative estimate of drug-likeness (QED) is 0.855. The Bertz CT molecular complexity index is 329. The number of rotatable bonds is 5. The largest absolute Gasteiger partial charge is 0.425 e. The van der Waals surface area contributed by atoms with E-state index < -0.39 is 0 Å². The molecule has 0 saturated heterocycles. The number of aromatic nitrogens is 2. The van der Waals surface area contributed by atoms with Gasteiger partial charge in [0.1, 0.15) is 0 Å². The van der Waals surface area contributed by atoms with Gasteiger partial charge < -0.3 is 9.73 Å². The Labute approximate surface area is 103 Å². The summed E-state index contributed by atoms with van der Waals surface area (Å²) in [5.74, 6) is 2.16. The Morgan fingerprint density at radius 3 is 2.71 bits per heavy atom. The zero-order valence-electron chi connectivity index (χ0n) is 10.9. The van der Waals surface area contributed by atoms with Crippen molar-refractivity contribution in [1.82, 2.24) is 15.5 Å². The molecule has 1 aromatic rings. The van der Waals surface area contributed by atoms with Gasteiger partial charge in [-0.3, -0.25) is 0 Å². The molecular weight excluding hydrogens is 214 g/mol. The van der Waals surface area contributed by atoms with Gasteiger partial charge in [-0.2, -0.15) is 0 Å². The summed E-state index contributed by atoms with van der Waals surface area (Å²) in [6.45, 7) is 5.19. The van der Waals surface area contributed by atoms with Gasteiger partial charge in [-0.15, -0.1) is 10.2 Å². The topological polar surface area (TPSA) is 51.0 Å². The molecule has 0 aromatic carbocycles. The molecule has 0 atom stereocenters. The Kier molecular flexibility index (Phi) is 4.54. The van der Waals surface area contributed by atoms with Gasteiger partial charge >= 0.3 is 0 Å². The molecule has 1 aliphatic rings. The van der Waals surface area contributed by atoms with E-state index in [0.29, 0.717) is 12.0 Å². The van der Waals surface area contributed by atoms with E-state index >= 15 is 0 Å². The molecule has 0 unspecified atom stereocenters. The Morgan fingerprint density at radius 2 is 2.00 bits per heavy atom. The van der Waals surface area contributed by atoms with Crippen molar-refractivity contribution in [2.75, 3.05) is 6.54 Å². The molecular formula is C13H23N3O. The van der Waals surface area contributed by atoms with Crippen LogP contribution in [0, 0.1) is 0 Å². The summed E-state index contributed by atoms with van der Waals surface area (Å²) in [6, 6.07) is 0.510. The van der Waals surface area contributed by atoms with Crippen molar-refractivity contribution in [2.24, 2.45) is 0 Å². The zero-order chi connectivity index (χ0) is 12.1. The van der Waals surface area contributed by atoms with Gasteiger partial charge in [-0.25, -0.2) is 0 Å². The van der Waals surface area contributed by atoms with Crippen LogP contribution in [-0.2, 0) is 6.42 Å². The molecule has 0 amide bonds. The van der Waals surface area contributed by atoms with Gasteiger partial charge in [-0.05, 0) is 12.8 Å². The van der Waals surface area contributed by atoms with Gasteiger partial charge in [-0.1, -0.05) is 33.1 Å². The summed E-state index contributed by atoms with van der Waals surface area (Å²) < 4.78 is 5.74. The molecule has 17 heavy (non-hydrogen) atoms. The highest BCUT2D eigenvalue weighted by Gasteiger charge is 2.20. The molecule has 1 aliphatic carbocycles. The normalized spacial score (nSPS) is 17.8. The van der Waals surface area contributed by atoms with E-state index in [1.807, 2.05) is 0 Å². The van der Waals surface area contributed by atoms with Crippen molar-refractivity contribution in [3.8, 4) is 0 Å². The molecule has 2 rings (SSSR count). The lowest BCUT2D eigenvalue weighted by molar-refractivity contribution is 0.349. The Balaban J connectivity index is 1.82. The van der Waals surface area contributed by atoms with E-state index in [2.05, 4.69) is 29.4 Å². The second kappa shape index (κ2) is 6.15. The first-order chi connectivity index (χ1) is 8.25. The Hall–Kier alpha value is -0.900. The number of nitrogens with zero attached hydrogens (tertiary/aromatic N) is 2. The summed E-state index contributed by atoms with van der Waals surface area (Å²) in [4.78, 5) is 0. The smallest absolute Gasteiger partial charge is 0.219 e. The average molecular weight is 237 g/mol. The maximum absolute atomic E-state index is 5.74. The lowest BCUT2D eigenvalue weighted by Crippen LogP contribution is -2.25. The van der Waals surface area contributed by atoms with Crippen LogP contribution in [0.5, 0.6) is 0 Å². The number of nitrogens with one attached hydrogen (secondary N) is 1. The maximum Gasteiger partial charge on any atom is 0.219 e. The van der Waals surface area contributed by atoms with Crippen LogP contribution in [0.3, 0.4) is 0 Å². The molecule has 0 spiro atoms. The van der Waals surface area contributed by atoms with E-state index in [1.54, 1.807) is 0 Å². The van der Waals surface area contributed by atoms with Gasteiger partial charge in [0.2, 0.25) is 11.8 Å². The third kappa shape index (κ3) is 3.80. The van der Waals surface area contributed by atoms with Crippen molar-refractivity contribution in [2.45, 2.75) is 64.3 Å². The summed E-state index contributed by atoms with van der Waals surface area (Å²) in [5.41, 5.74) is 0. The fourth-order valence-electron chi connectivity index (χ4n) is 2.35. The first kappa shape index (κ1) is 12.6. The van der Waals surface area contributed by atoms with E-state index in [1.165, 1.54) is 32.1 Å². The number of hydrogen-bond acceptors (Lipinski definition) is 4. The summed E-state index contributed by atoms with van der Waals surface area (Å²) in [5, 5.41) is 11.7. The van der Waals surface area contributed by atoms with Gasteiger partial charge in [0.15, 0.2) is 0 Å². The lowest BCUT2D eigenvalue weighted by atomic mass is 9.89. The van der Waals surface area contributed by atoms with Crippen LogP contribution in [0.15, 0.2) is 4.42 Å². The van der Waals surface area contributed by atoms with E-state index in [9.17, 15) is 0 Å². The minimum absolute atomic E-state index is 0.510. The van der Waals surface area contributed by atoms with Crippen LogP contribution in [0.25, 0.3) is 0 Å². The van der Waals surface area contributed by atoms with E-state index in [4.69, 9.17) is 4.42 Å². The highest BCUT2D eigenvalue weighted by molar-refractivity contribution is 4.93. The van der Waals surface area contributed by atoms with Gasteiger partial charge in [0.25, 0.3) is 0 Å². The van der Waals surface area contributed by atoms with Crippen LogP contribution in [0.1, 0.15) is 63.7 Å². The SMILES string of the molecule is CC(C)NCCc1nnc(C2CCCCC2)o1. The second-order valence-corrected chi connectivity index (χ2v) is 5.23. The van der Waals surface area contributed by atoms with Crippen molar-refractivity contribution < 1.29 is 4.42 Å². The van der Waals surface area contributed by atoms with Crippen molar-refractivity contribution in [3.63, 3.8) is 0 Å². The maximum atomic E-state index is 5.74. The standard InChI is InChI=1S/C13H23N3O/c1-10(2)14-9-8-12-15-16-13(17-12)11-6-4-3-5-7-11/h10-11,14H,3-9H2,1-2H3. The first-order valence-corrected chi connectivity index (χ1v) is 6.81. The molecule has 0 radical (unpaired) electrons. The van der Waals surface area contributed by atoms with Crippen molar-refractivity contribution in [1.29, 1.82) is 0 Å². The van der Waals surface area contributed by atoms with Crippen LogP contribution < -0.4 is 5.32 Å². The summed E-state index contributed by atoms with van der Waals surface area (Å²) in [6.07, 6.45) is 7.22. The van der Waals surface area contributed by atoms with Crippen LogP contribution in [-0.4, -0.2) is 22.8 Å². The lowest BCUT2D eigenvalue weighted by Gasteiger charge is -2.17. The summed E-state index contributed by atoms with van der Waals surface area (Å²) in [7, 11) is 0. The monoisotopic (exact) mass is 237 g/mol. The van der Waals surface area contributed by atoms with E-state index in [-0.39, 0.29) is 0 Å². The van der Waals surface area contributed by atoms with E-state index in [0.717, 1.165) is 24.7 Å². The summed E-state index contributed by atoms with van der Waals surface area (Å²) >= 11 is 0. The molecule has 1 fully saturated rings. The predicted octanol–water partition coefficient (Wildman–Crippen LogP) is 2.66. The third-order valence-corrected chi connectivity index (χ3v) is 3.33. The number of hydrogen-bond donors (Lipinski definition) is 1. The van der Waals surface area contributed by atoms with Crippen LogP contribution >= 0.6 is 0 Å². The zero-order valence-corrected chi connectivity index (χ0v) is 10.9.